The lowest BCUT2D eigenvalue weighted by atomic mass is 9.85. The van der Waals surface area contributed by atoms with Gasteiger partial charge in [-0.05, 0) is 70.5 Å². The Bertz CT molecular complexity index is 3230. The van der Waals surface area contributed by atoms with E-state index in [0.29, 0.717) is 0 Å². The zero-order valence-corrected chi connectivity index (χ0v) is 29.6. The van der Waals surface area contributed by atoms with Crippen molar-refractivity contribution in [3.8, 4) is 33.5 Å². The molecular weight excluding hydrogens is 663 g/mol. The van der Waals surface area contributed by atoms with Gasteiger partial charge in [0, 0.05) is 43.1 Å². The molecular formula is C49H31N3S. The molecule has 3 nitrogen and oxygen atoms in total. The van der Waals surface area contributed by atoms with Crippen LogP contribution >= 0.6 is 11.3 Å². The molecule has 7 aromatic carbocycles. The first-order valence-electron chi connectivity index (χ1n) is 18.4. The summed E-state index contributed by atoms with van der Waals surface area (Å²) in [6, 6.07) is 57.7. The van der Waals surface area contributed by atoms with E-state index < -0.39 is 0 Å². The van der Waals surface area contributed by atoms with Gasteiger partial charge < -0.3 is 4.40 Å². The summed E-state index contributed by atoms with van der Waals surface area (Å²) in [6.07, 6.45) is 1.87. The zero-order chi connectivity index (χ0) is 34.6. The third-order valence-electron chi connectivity index (χ3n) is 11.6. The summed E-state index contributed by atoms with van der Waals surface area (Å²) >= 11 is 1.80. The fourth-order valence-electron chi connectivity index (χ4n) is 9.25. The summed E-state index contributed by atoms with van der Waals surface area (Å²) in [4.78, 5) is 11.2. The van der Waals surface area contributed by atoms with Gasteiger partial charge in [-0.2, -0.15) is 0 Å². The normalized spacial score (nSPS) is 14.5. The molecule has 4 heterocycles. The maximum atomic E-state index is 5.60. The van der Waals surface area contributed by atoms with Crippen molar-refractivity contribution in [2.75, 3.05) is 0 Å². The fourth-order valence-corrected chi connectivity index (χ4v) is 10.4. The molecule has 0 radical (unpaired) electrons. The Labute approximate surface area is 309 Å². The van der Waals surface area contributed by atoms with Crippen molar-refractivity contribution in [3.05, 3.63) is 175 Å². The highest BCUT2D eigenvalue weighted by Crippen LogP contribution is 2.51. The molecule has 0 saturated heterocycles. The van der Waals surface area contributed by atoms with Gasteiger partial charge in [0.1, 0.15) is 5.82 Å². The van der Waals surface area contributed by atoms with Gasteiger partial charge in [-0.3, -0.25) is 0 Å². The second-order valence-corrected chi connectivity index (χ2v) is 15.4. The van der Waals surface area contributed by atoms with Gasteiger partial charge in [-0.1, -0.05) is 133 Å². The number of aromatic nitrogens is 3. The molecule has 0 fully saturated rings. The minimum absolute atomic E-state index is 0.0141. The minimum Gasteiger partial charge on any atom is -0.308 e. The predicted octanol–water partition coefficient (Wildman–Crippen LogP) is 13.1. The zero-order valence-electron chi connectivity index (χ0n) is 28.8. The third kappa shape index (κ3) is 4.15. The number of thiophene rings is 1. The Morgan fingerprint density at radius 1 is 0.547 bits per heavy atom. The Hall–Kier alpha value is -6.36. The van der Waals surface area contributed by atoms with E-state index in [4.69, 9.17) is 9.97 Å². The van der Waals surface area contributed by atoms with E-state index >= 15 is 0 Å². The second-order valence-electron chi connectivity index (χ2n) is 14.4. The lowest BCUT2D eigenvalue weighted by Crippen LogP contribution is -2.09. The van der Waals surface area contributed by atoms with E-state index in [2.05, 4.69) is 162 Å². The molecule has 53 heavy (non-hydrogen) atoms. The highest BCUT2D eigenvalue weighted by Gasteiger charge is 2.33. The number of benzene rings is 7. The van der Waals surface area contributed by atoms with Gasteiger partial charge in [-0.25, -0.2) is 9.97 Å². The van der Waals surface area contributed by atoms with Gasteiger partial charge in [0.2, 0.25) is 0 Å². The highest BCUT2D eigenvalue weighted by molar-refractivity contribution is 7.26. The van der Waals surface area contributed by atoms with Crippen LogP contribution in [-0.2, 0) is 6.42 Å². The number of rotatable bonds is 3. The molecule has 4 aromatic heterocycles. The largest absolute Gasteiger partial charge is 0.308 e. The molecule has 4 heteroatoms. The van der Waals surface area contributed by atoms with Crippen molar-refractivity contribution in [1.29, 1.82) is 0 Å². The summed E-state index contributed by atoms with van der Waals surface area (Å²) in [5.74, 6) is 0.891. The van der Waals surface area contributed by atoms with Crippen LogP contribution in [-0.4, -0.2) is 14.4 Å². The van der Waals surface area contributed by atoms with E-state index in [1.807, 2.05) is 0 Å². The van der Waals surface area contributed by atoms with Crippen LogP contribution in [0.3, 0.4) is 0 Å². The summed E-state index contributed by atoms with van der Waals surface area (Å²) in [7, 11) is 0. The predicted molar refractivity (Wildman–Crippen MR) is 222 cm³/mol. The highest BCUT2D eigenvalue weighted by atomic mass is 32.1. The fraction of sp³-hybridized carbons (Fsp3) is 0.0612. The average Bonchev–Trinajstić information content (AvgIpc) is 3.84. The van der Waals surface area contributed by atoms with E-state index in [1.54, 1.807) is 11.3 Å². The van der Waals surface area contributed by atoms with Crippen LogP contribution in [0, 0.1) is 0 Å². The molecule has 1 atom stereocenters. The monoisotopic (exact) mass is 693 g/mol. The first kappa shape index (κ1) is 29.2. The van der Waals surface area contributed by atoms with Gasteiger partial charge >= 0.3 is 0 Å². The molecule has 1 aliphatic carbocycles. The lowest BCUT2D eigenvalue weighted by Gasteiger charge is -2.20. The molecule has 11 aromatic rings. The molecule has 0 saturated carbocycles. The molecule has 0 amide bonds. The molecule has 248 valence electrons. The van der Waals surface area contributed by atoms with Crippen molar-refractivity contribution in [3.63, 3.8) is 0 Å². The topological polar surface area (TPSA) is 30.2 Å². The summed E-state index contributed by atoms with van der Waals surface area (Å²) in [5.41, 5.74) is 14.8. The summed E-state index contributed by atoms with van der Waals surface area (Å²) in [5, 5.41) is 6.39. The third-order valence-corrected chi connectivity index (χ3v) is 12.7. The van der Waals surface area contributed by atoms with Crippen molar-refractivity contribution in [2.45, 2.75) is 18.8 Å². The van der Waals surface area contributed by atoms with Crippen molar-refractivity contribution in [2.24, 2.45) is 0 Å². The van der Waals surface area contributed by atoms with Gasteiger partial charge in [0.15, 0.2) is 0 Å². The van der Waals surface area contributed by atoms with Crippen LogP contribution in [0.2, 0.25) is 0 Å². The van der Waals surface area contributed by atoms with Crippen LogP contribution in [0.5, 0.6) is 0 Å². The van der Waals surface area contributed by atoms with E-state index in [-0.39, 0.29) is 5.92 Å². The van der Waals surface area contributed by atoms with Crippen molar-refractivity contribution < 1.29 is 0 Å². The maximum absolute atomic E-state index is 5.60. The van der Waals surface area contributed by atoms with E-state index in [9.17, 15) is 0 Å². The lowest BCUT2D eigenvalue weighted by molar-refractivity contribution is 0.689. The standard InChI is InChI=1S/C49H31N3S/c1-3-13-29(14-4-1)32-24-25-34-39-28-38-33-18-8-7-15-30(33)23-26-37(43(38)44-35-19-9-11-21-40(35)52(47(39)44)41(34)27-32)49-50-45(31-16-5-2-6-17-31)48-46(51-49)36-20-10-12-22-42(36)53-48/h1-22,24-25,27-28,37H,23,26H2. The number of para-hydroxylation sites is 1. The molecule has 0 spiro atoms. The molecule has 1 aliphatic rings. The van der Waals surface area contributed by atoms with Crippen LogP contribution < -0.4 is 0 Å². The van der Waals surface area contributed by atoms with Crippen molar-refractivity contribution >= 4 is 69.7 Å². The smallest absolute Gasteiger partial charge is 0.137 e. The Balaban J connectivity index is 1.22. The van der Waals surface area contributed by atoms with Gasteiger partial charge in [0.25, 0.3) is 0 Å². The molecule has 0 bridgehead atoms. The molecule has 0 N–H and O–H groups in total. The SMILES string of the molecule is c1ccc(-c2ccc3c4cc5c(c6c7ccccc7n(c3c2)c46)C(c2nc(-c3ccccc3)c3sc4ccccc4c3n2)CCc2ccccc2-5)cc1. The Morgan fingerprint density at radius 2 is 1.28 bits per heavy atom. The first-order chi connectivity index (χ1) is 26.3. The van der Waals surface area contributed by atoms with E-state index in [1.165, 1.54) is 81.6 Å². The Morgan fingerprint density at radius 3 is 2.15 bits per heavy atom. The number of nitrogens with zero attached hydrogens (tertiary/aromatic N) is 3. The van der Waals surface area contributed by atoms with E-state index in [0.717, 1.165) is 40.1 Å². The number of hydrogen-bond donors (Lipinski definition) is 0. The van der Waals surface area contributed by atoms with Crippen LogP contribution in [0.25, 0.3) is 91.9 Å². The minimum atomic E-state index is -0.0141. The number of hydrogen-bond acceptors (Lipinski definition) is 3. The molecule has 12 rings (SSSR count). The Kier molecular flexibility index (Phi) is 6.11. The van der Waals surface area contributed by atoms with Crippen molar-refractivity contribution in [1.82, 2.24) is 14.4 Å². The summed E-state index contributed by atoms with van der Waals surface area (Å²) in [6.45, 7) is 0. The molecule has 0 aliphatic heterocycles. The van der Waals surface area contributed by atoms with Crippen LogP contribution in [0.15, 0.2) is 158 Å². The van der Waals surface area contributed by atoms with Crippen LogP contribution in [0.1, 0.15) is 29.3 Å². The van der Waals surface area contributed by atoms with Crippen LogP contribution in [0.4, 0.5) is 0 Å². The number of fused-ring (bicyclic) bond motifs is 13. The second kappa shape index (κ2) is 11.1. The number of aryl methyl sites for hydroxylation is 1. The maximum Gasteiger partial charge on any atom is 0.137 e. The summed E-state index contributed by atoms with van der Waals surface area (Å²) < 4.78 is 4.92. The molecule has 1 unspecified atom stereocenters. The van der Waals surface area contributed by atoms with Gasteiger partial charge in [-0.15, -0.1) is 11.3 Å². The average molecular weight is 694 g/mol. The first-order valence-corrected chi connectivity index (χ1v) is 19.2. The van der Waals surface area contributed by atoms with Gasteiger partial charge in [0.05, 0.1) is 32.5 Å². The quantitative estimate of drug-likeness (QED) is 0.184.